The number of allylic oxidation sites excluding steroid dienone is 4. The number of benzene rings is 1. The Kier molecular flexibility index (Phi) is 3.91. The predicted octanol–water partition coefficient (Wildman–Crippen LogP) is 3.53. The van der Waals surface area contributed by atoms with Gasteiger partial charge in [-0.05, 0) is 31.4 Å². The zero-order valence-corrected chi connectivity index (χ0v) is 12.0. The lowest BCUT2D eigenvalue weighted by Gasteiger charge is -2.26. The molecule has 0 spiro atoms. The van der Waals surface area contributed by atoms with Gasteiger partial charge in [-0.25, -0.2) is 0 Å². The van der Waals surface area contributed by atoms with Crippen LogP contribution in [0.4, 0.5) is 0 Å². The number of nitriles is 2. The van der Waals surface area contributed by atoms with Crippen LogP contribution in [-0.4, -0.2) is 0 Å². The van der Waals surface area contributed by atoms with Crippen LogP contribution in [0.15, 0.2) is 46.8 Å². The van der Waals surface area contributed by atoms with Crippen LogP contribution in [-0.2, 0) is 6.42 Å². The molecule has 3 heteroatoms. The SMILES string of the molecule is CCc1ccc(C2C(C#N)=C(C)NC(C)=C2C#N)cc1. The molecule has 1 N–H and O–H groups in total. The van der Waals surface area contributed by atoms with E-state index < -0.39 is 0 Å². The predicted molar refractivity (Wildman–Crippen MR) is 78.3 cm³/mol. The Hall–Kier alpha value is -2.52. The normalized spacial score (nSPS) is 15.7. The van der Waals surface area contributed by atoms with Crippen molar-refractivity contribution in [2.45, 2.75) is 33.1 Å². The van der Waals surface area contributed by atoms with Gasteiger partial charge in [0.05, 0.1) is 29.2 Å². The Bertz CT molecular complexity index is 628. The molecule has 0 atom stereocenters. The van der Waals surface area contributed by atoms with Crippen molar-refractivity contribution < 1.29 is 0 Å². The first-order chi connectivity index (χ1) is 9.62. The highest BCUT2D eigenvalue weighted by atomic mass is 14.9. The van der Waals surface area contributed by atoms with Crippen molar-refractivity contribution >= 4 is 0 Å². The number of aryl methyl sites for hydroxylation is 1. The summed E-state index contributed by atoms with van der Waals surface area (Å²) in [5.41, 5.74) is 5.14. The van der Waals surface area contributed by atoms with Crippen molar-refractivity contribution in [1.29, 1.82) is 10.5 Å². The minimum absolute atomic E-state index is 0.253. The van der Waals surface area contributed by atoms with Gasteiger partial charge in [0, 0.05) is 11.4 Å². The van der Waals surface area contributed by atoms with Crippen molar-refractivity contribution in [3.63, 3.8) is 0 Å². The monoisotopic (exact) mass is 263 g/mol. The van der Waals surface area contributed by atoms with Crippen LogP contribution in [0, 0.1) is 22.7 Å². The molecule has 1 heterocycles. The van der Waals surface area contributed by atoms with Crippen LogP contribution in [0.3, 0.4) is 0 Å². The average Bonchev–Trinajstić information content (AvgIpc) is 2.46. The van der Waals surface area contributed by atoms with Crippen molar-refractivity contribution in [2.24, 2.45) is 0 Å². The highest BCUT2D eigenvalue weighted by Gasteiger charge is 2.28. The largest absolute Gasteiger partial charge is 0.361 e. The second-order valence-electron chi connectivity index (χ2n) is 4.95. The van der Waals surface area contributed by atoms with Crippen molar-refractivity contribution in [1.82, 2.24) is 5.32 Å². The molecule has 0 bridgehead atoms. The van der Waals surface area contributed by atoms with E-state index in [4.69, 9.17) is 0 Å². The molecule has 0 radical (unpaired) electrons. The lowest BCUT2D eigenvalue weighted by atomic mass is 9.81. The van der Waals surface area contributed by atoms with Crippen molar-refractivity contribution in [3.05, 3.63) is 57.9 Å². The first-order valence-electron chi connectivity index (χ1n) is 6.70. The van der Waals surface area contributed by atoms with Gasteiger partial charge in [-0.1, -0.05) is 31.2 Å². The van der Waals surface area contributed by atoms with Gasteiger partial charge in [-0.3, -0.25) is 0 Å². The maximum atomic E-state index is 9.41. The van der Waals surface area contributed by atoms with Crippen LogP contribution in [0.2, 0.25) is 0 Å². The van der Waals surface area contributed by atoms with Gasteiger partial charge in [0.25, 0.3) is 0 Å². The fourth-order valence-corrected chi connectivity index (χ4v) is 2.57. The summed E-state index contributed by atoms with van der Waals surface area (Å²) < 4.78 is 0. The second-order valence-corrected chi connectivity index (χ2v) is 4.95. The number of hydrogen-bond acceptors (Lipinski definition) is 3. The molecule has 1 aliphatic rings. The summed E-state index contributed by atoms with van der Waals surface area (Å²) in [6, 6.07) is 12.7. The summed E-state index contributed by atoms with van der Waals surface area (Å²) in [6.45, 7) is 5.86. The molecule has 100 valence electrons. The lowest BCUT2D eigenvalue weighted by molar-refractivity contribution is 0.813. The van der Waals surface area contributed by atoms with Gasteiger partial charge in [-0.15, -0.1) is 0 Å². The van der Waals surface area contributed by atoms with Gasteiger partial charge in [-0.2, -0.15) is 10.5 Å². The molecule has 0 aromatic heterocycles. The van der Waals surface area contributed by atoms with Gasteiger partial charge < -0.3 is 5.32 Å². The Morgan fingerprint density at radius 1 is 1.00 bits per heavy atom. The maximum Gasteiger partial charge on any atom is 0.0975 e. The molecule has 1 aliphatic heterocycles. The van der Waals surface area contributed by atoms with Gasteiger partial charge in [0.1, 0.15) is 0 Å². The van der Waals surface area contributed by atoms with E-state index in [0.717, 1.165) is 23.4 Å². The molecule has 1 aromatic rings. The third-order valence-electron chi connectivity index (χ3n) is 3.72. The maximum absolute atomic E-state index is 9.41. The molecule has 0 amide bonds. The van der Waals surface area contributed by atoms with E-state index in [-0.39, 0.29) is 5.92 Å². The van der Waals surface area contributed by atoms with E-state index in [0.29, 0.717) is 11.1 Å². The number of rotatable bonds is 2. The van der Waals surface area contributed by atoms with E-state index >= 15 is 0 Å². The molecule has 0 saturated carbocycles. The van der Waals surface area contributed by atoms with Gasteiger partial charge >= 0.3 is 0 Å². The first-order valence-corrected chi connectivity index (χ1v) is 6.70. The Morgan fingerprint density at radius 2 is 1.50 bits per heavy atom. The van der Waals surface area contributed by atoms with Crippen molar-refractivity contribution in [3.8, 4) is 12.1 Å². The Labute approximate surface area is 119 Å². The summed E-state index contributed by atoms with van der Waals surface area (Å²) in [4.78, 5) is 0. The van der Waals surface area contributed by atoms with Crippen molar-refractivity contribution in [2.75, 3.05) is 0 Å². The quantitative estimate of drug-likeness (QED) is 0.888. The molecule has 3 nitrogen and oxygen atoms in total. The van der Waals surface area contributed by atoms with Gasteiger partial charge in [0.15, 0.2) is 0 Å². The topological polar surface area (TPSA) is 59.6 Å². The summed E-state index contributed by atoms with van der Waals surface area (Å²) in [5, 5.41) is 21.9. The molecular formula is C17H17N3. The van der Waals surface area contributed by atoms with Gasteiger partial charge in [0.2, 0.25) is 0 Å². The molecule has 0 unspecified atom stereocenters. The number of nitrogens with zero attached hydrogens (tertiary/aromatic N) is 2. The van der Waals surface area contributed by atoms with E-state index in [1.54, 1.807) is 0 Å². The molecule has 20 heavy (non-hydrogen) atoms. The number of dihydropyridines is 1. The average molecular weight is 263 g/mol. The first kappa shape index (κ1) is 13.9. The molecule has 0 saturated heterocycles. The van der Waals surface area contributed by atoms with E-state index in [2.05, 4.69) is 36.5 Å². The Balaban J connectivity index is 2.56. The zero-order valence-electron chi connectivity index (χ0n) is 12.0. The molecular weight excluding hydrogens is 246 g/mol. The van der Waals surface area contributed by atoms with Crippen LogP contribution < -0.4 is 5.32 Å². The summed E-state index contributed by atoms with van der Waals surface area (Å²) in [6.07, 6.45) is 0.979. The summed E-state index contributed by atoms with van der Waals surface area (Å²) >= 11 is 0. The van der Waals surface area contributed by atoms with E-state index in [9.17, 15) is 10.5 Å². The minimum Gasteiger partial charge on any atom is -0.361 e. The fourth-order valence-electron chi connectivity index (χ4n) is 2.57. The van der Waals surface area contributed by atoms with Crippen LogP contribution in [0.1, 0.15) is 37.8 Å². The highest BCUT2D eigenvalue weighted by Crippen LogP contribution is 2.37. The number of nitrogens with one attached hydrogen (secondary N) is 1. The molecule has 2 rings (SSSR count). The van der Waals surface area contributed by atoms with Crippen LogP contribution >= 0.6 is 0 Å². The lowest BCUT2D eigenvalue weighted by Crippen LogP contribution is -2.23. The summed E-state index contributed by atoms with van der Waals surface area (Å²) in [5.74, 6) is -0.253. The van der Waals surface area contributed by atoms with E-state index in [1.165, 1.54) is 5.56 Å². The molecule has 1 aromatic carbocycles. The smallest absolute Gasteiger partial charge is 0.0975 e. The standard InChI is InChI=1S/C17H17N3/c1-4-13-5-7-14(8-6-13)17-15(9-18)11(2)20-12(3)16(17)10-19/h5-8,17,20H,4H2,1-3H3. The third-order valence-corrected chi connectivity index (χ3v) is 3.72. The number of hydrogen-bond donors (Lipinski definition) is 1. The Morgan fingerprint density at radius 3 is 1.90 bits per heavy atom. The summed E-state index contributed by atoms with van der Waals surface area (Å²) in [7, 11) is 0. The zero-order chi connectivity index (χ0) is 14.7. The fraction of sp³-hybridized carbons (Fsp3) is 0.294. The second kappa shape index (κ2) is 5.63. The van der Waals surface area contributed by atoms with Crippen LogP contribution in [0.25, 0.3) is 0 Å². The highest BCUT2D eigenvalue weighted by molar-refractivity contribution is 5.55. The molecule has 0 aliphatic carbocycles. The van der Waals surface area contributed by atoms with Crippen LogP contribution in [0.5, 0.6) is 0 Å². The van der Waals surface area contributed by atoms with E-state index in [1.807, 2.05) is 26.0 Å². The molecule has 0 fully saturated rings. The third kappa shape index (κ3) is 2.31. The minimum atomic E-state index is -0.253.